The summed E-state index contributed by atoms with van der Waals surface area (Å²) in [4.78, 5) is 11.9. The number of carbonyl (C=O) groups is 1. The molecule has 2 rings (SSSR count). The van der Waals surface area contributed by atoms with Crippen LogP contribution in [0.2, 0.25) is 0 Å². The van der Waals surface area contributed by atoms with Crippen molar-refractivity contribution >= 4 is 16.1 Å². The van der Waals surface area contributed by atoms with Crippen molar-refractivity contribution in [3.63, 3.8) is 0 Å². The van der Waals surface area contributed by atoms with Crippen LogP contribution < -0.4 is 5.73 Å². The fourth-order valence-corrected chi connectivity index (χ4v) is 4.29. The number of piperidine rings is 1. The Morgan fingerprint density at radius 1 is 1.24 bits per heavy atom. The molecule has 2 N–H and O–H groups in total. The third-order valence-electron chi connectivity index (χ3n) is 3.64. The van der Waals surface area contributed by atoms with E-state index in [1.54, 1.807) is 18.2 Å². The van der Waals surface area contributed by atoms with E-state index in [0.717, 1.165) is 23.7 Å². The average molecular weight is 311 g/mol. The molecule has 1 fully saturated rings. The Balaban J connectivity index is 2.44. The van der Waals surface area contributed by atoms with Gasteiger partial charge in [-0.2, -0.15) is 8.42 Å². The molecule has 7 heteroatoms. The first-order valence-corrected chi connectivity index (χ1v) is 8.60. The molecule has 1 aromatic rings. The van der Waals surface area contributed by atoms with E-state index >= 15 is 0 Å². The van der Waals surface area contributed by atoms with Gasteiger partial charge < -0.3 is 5.73 Å². The standard InChI is InChI=1S/C14H21N3O3S/c1-2-12-8-4-5-9-13(12)21(19,20)17(14(15)18)16-10-6-3-7-11-16/h4-5,8-9H,2-3,6-7,10-11H2,1H3,(H2,15,18). The lowest BCUT2D eigenvalue weighted by atomic mass is 10.2. The van der Waals surface area contributed by atoms with Crippen molar-refractivity contribution in [1.29, 1.82) is 0 Å². The number of rotatable bonds is 4. The number of sulfonamides is 1. The van der Waals surface area contributed by atoms with Crippen molar-refractivity contribution in [3.8, 4) is 0 Å². The number of amides is 2. The van der Waals surface area contributed by atoms with Gasteiger partial charge in [0, 0.05) is 13.1 Å². The number of nitrogens with two attached hydrogens (primary N) is 1. The first-order valence-electron chi connectivity index (χ1n) is 7.16. The van der Waals surface area contributed by atoms with Crippen LogP contribution in [-0.2, 0) is 16.4 Å². The van der Waals surface area contributed by atoms with Crippen molar-refractivity contribution in [3.05, 3.63) is 29.8 Å². The molecule has 1 saturated heterocycles. The molecule has 0 saturated carbocycles. The SMILES string of the molecule is CCc1ccccc1S(=O)(=O)N(C(N)=O)N1CCCCC1. The first-order chi connectivity index (χ1) is 9.98. The molecule has 0 bridgehead atoms. The first kappa shape index (κ1) is 15.8. The molecule has 1 aliphatic heterocycles. The second kappa shape index (κ2) is 6.44. The molecule has 21 heavy (non-hydrogen) atoms. The molecule has 116 valence electrons. The van der Waals surface area contributed by atoms with Gasteiger partial charge in [-0.25, -0.2) is 9.80 Å². The van der Waals surface area contributed by atoms with Gasteiger partial charge in [0.25, 0.3) is 10.0 Å². The van der Waals surface area contributed by atoms with E-state index in [9.17, 15) is 13.2 Å². The highest BCUT2D eigenvalue weighted by atomic mass is 32.2. The largest absolute Gasteiger partial charge is 0.349 e. The van der Waals surface area contributed by atoms with E-state index in [0.29, 0.717) is 25.1 Å². The van der Waals surface area contributed by atoms with E-state index in [4.69, 9.17) is 5.73 Å². The van der Waals surface area contributed by atoms with Crippen molar-refractivity contribution in [2.45, 2.75) is 37.5 Å². The molecule has 0 unspecified atom stereocenters. The number of hydrogen-bond acceptors (Lipinski definition) is 4. The molecule has 0 aromatic heterocycles. The number of hydrazine groups is 1. The summed E-state index contributed by atoms with van der Waals surface area (Å²) < 4.78 is 26.4. The number of hydrogen-bond donors (Lipinski definition) is 1. The summed E-state index contributed by atoms with van der Waals surface area (Å²) in [5.41, 5.74) is 6.03. The highest BCUT2D eigenvalue weighted by molar-refractivity contribution is 7.89. The molecule has 1 heterocycles. The van der Waals surface area contributed by atoms with Gasteiger partial charge in [0.2, 0.25) is 0 Å². The lowest BCUT2D eigenvalue weighted by molar-refractivity contribution is 0.0691. The Kier molecular flexibility index (Phi) is 4.84. The highest BCUT2D eigenvalue weighted by Gasteiger charge is 2.35. The molecule has 1 aliphatic rings. The lowest BCUT2D eigenvalue weighted by Crippen LogP contribution is -2.53. The van der Waals surface area contributed by atoms with Crippen LogP contribution in [0.15, 0.2) is 29.2 Å². The van der Waals surface area contributed by atoms with Crippen LogP contribution in [0.3, 0.4) is 0 Å². The maximum atomic E-state index is 12.8. The van der Waals surface area contributed by atoms with Crippen molar-refractivity contribution in [2.24, 2.45) is 5.73 Å². The molecule has 6 nitrogen and oxygen atoms in total. The minimum absolute atomic E-state index is 0.150. The van der Waals surface area contributed by atoms with Gasteiger partial charge in [-0.05, 0) is 30.9 Å². The van der Waals surface area contributed by atoms with E-state index in [-0.39, 0.29) is 4.90 Å². The number of nitrogens with zero attached hydrogens (tertiary/aromatic N) is 2. The topological polar surface area (TPSA) is 83.7 Å². The number of benzene rings is 1. The van der Waals surface area contributed by atoms with E-state index < -0.39 is 16.1 Å². The summed E-state index contributed by atoms with van der Waals surface area (Å²) in [6, 6.07) is 5.76. The van der Waals surface area contributed by atoms with Gasteiger partial charge in [0.15, 0.2) is 0 Å². The van der Waals surface area contributed by atoms with Gasteiger partial charge in [-0.15, -0.1) is 4.41 Å². The van der Waals surface area contributed by atoms with Gasteiger partial charge >= 0.3 is 6.03 Å². The minimum atomic E-state index is -3.96. The zero-order chi connectivity index (χ0) is 15.5. The average Bonchev–Trinajstić information content (AvgIpc) is 2.47. The predicted molar refractivity (Wildman–Crippen MR) is 79.9 cm³/mol. The van der Waals surface area contributed by atoms with Crippen LogP contribution in [0.25, 0.3) is 0 Å². The quantitative estimate of drug-likeness (QED) is 0.917. The van der Waals surface area contributed by atoms with Gasteiger partial charge in [0.05, 0.1) is 4.90 Å². The van der Waals surface area contributed by atoms with Crippen LogP contribution in [0.5, 0.6) is 0 Å². The van der Waals surface area contributed by atoms with Gasteiger partial charge in [-0.1, -0.05) is 31.5 Å². The molecule has 0 radical (unpaired) electrons. The second-order valence-electron chi connectivity index (χ2n) is 5.06. The summed E-state index contributed by atoms with van der Waals surface area (Å²) in [5, 5.41) is 1.54. The summed E-state index contributed by atoms with van der Waals surface area (Å²) in [6.45, 7) is 2.93. The zero-order valence-corrected chi connectivity index (χ0v) is 13.0. The van der Waals surface area contributed by atoms with Crippen LogP contribution in [0, 0.1) is 0 Å². The predicted octanol–water partition coefficient (Wildman–Crippen LogP) is 1.72. The summed E-state index contributed by atoms with van der Waals surface area (Å²) >= 11 is 0. The molecule has 2 amide bonds. The minimum Gasteiger partial charge on any atom is -0.349 e. The summed E-state index contributed by atoms with van der Waals surface area (Å²) in [6.07, 6.45) is 3.32. The fraction of sp³-hybridized carbons (Fsp3) is 0.500. The van der Waals surface area contributed by atoms with Gasteiger partial charge in [-0.3, -0.25) is 0 Å². The van der Waals surface area contributed by atoms with Crippen molar-refractivity contribution in [2.75, 3.05) is 13.1 Å². The van der Waals surface area contributed by atoms with E-state index in [1.165, 1.54) is 11.1 Å². The Hall–Kier alpha value is -1.60. The molecular formula is C14H21N3O3S. The summed E-state index contributed by atoms with van der Waals surface area (Å²) in [5.74, 6) is 0. The monoisotopic (exact) mass is 311 g/mol. The third kappa shape index (κ3) is 3.19. The van der Waals surface area contributed by atoms with Crippen LogP contribution in [0.1, 0.15) is 31.7 Å². The smallest absolute Gasteiger partial charge is 0.343 e. The van der Waals surface area contributed by atoms with Crippen LogP contribution in [-0.4, -0.2) is 37.0 Å². The number of aryl methyl sites for hydroxylation is 1. The van der Waals surface area contributed by atoms with E-state index in [1.807, 2.05) is 6.92 Å². The molecule has 0 spiro atoms. The Bertz CT molecular complexity index is 610. The normalized spacial score (nSPS) is 16.6. The van der Waals surface area contributed by atoms with Crippen LogP contribution in [0.4, 0.5) is 4.79 Å². The maximum absolute atomic E-state index is 12.8. The summed E-state index contributed by atoms with van der Waals surface area (Å²) in [7, 11) is -3.96. The second-order valence-corrected chi connectivity index (χ2v) is 6.80. The Morgan fingerprint density at radius 2 is 1.86 bits per heavy atom. The molecule has 0 atom stereocenters. The van der Waals surface area contributed by atoms with Crippen molar-refractivity contribution in [1.82, 2.24) is 9.42 Å². The van der Waals surface area contributed by atoms with Gasteiger partial charge in [0.1, 0.15) is 0 Å². The van der Waals surface area contributed by atoms with Crippen molar-refractivity contribution < 1.29 is 13.2 Å². The number of carbonyl (C=O) groups excluding carboxylic acids is 1. The molecular weight excluding hydrogens is 290 g/mol. The molecule has 0 aliphatic carbocycles. The lowest BCUT2D eigenvalue weighted by Gasteiger charge is -2.35. The molecule has 1 aromatic carbocycles. The zero-order valence-electron chi connectivity index (χ0n) is 12.2. The third-order valence-corrected chi connectivity index (χ3v) is 5.46. The van der Waals surface area contributed by atoms with E-state index in [2.05, 4.69) is 0 Å². The highest BCUT2D eigenvalue weighted by Crippen LogP contribution is 2.24. The Labute approximate surface area is 125 Å². The number of urea groups is 1. The van der Waals surface area contributed by atoms with Crippen LogP contribution >= 0.6 is 0 Å². The number of primary amides is 1. The Morgan fingerprint density at radius 3 is 2.43 bits per heavy atom. The maximum Gasteiger partial charge on any atom is 0.343 e. The fourth-order valence-electron chi connectivity index (χ4n) is 2.61.